The Kier molecular flexibility index (Phi) is 11.8. The van der Waals surface area contributed by atoms with E-state index in [0.717, 1.165) is 24.9 Å². The van der Waals surface area contributed by atoms with Crippen molar-refractivity contribution in [3.8, 4) is 0 Å². The van der Waals surface area contributed by atoms with Gasteiger partial charge >= 0.3 is 0 Å². The van der Waals surface area contributed by atoms with Crippen molar-refractivity contribution in [2.75, 3.05) is 26.8 Å². The number of nitrogens with one attached hydrogen (secondary N) is 2. The molecule has 0 atom stereocenters. The number of rotatable bonds is 10. The molecule has 0 aliphatic carbocycles. The highest BCUT2D eigenvalue weighted by atomic mass is 127. The van der Waals surface area contributed by atoms with Crippen molar-refractivity contribution in [1.82, 2.24) is 10.6 Å². The topological polar surface area (TPSA) is 88.8 Å². The van der Waals surface area contributed by atoms with Crippen molar-refractivity contribution in [1.29, 1.82) is 0 Å². The molecule has 0 radical (unpaired) electrons. The molecule has 2 aromatic rings. The minimum atomic E-state index is -0.404. The van der Waals surface area contributed by atoms with Crippen LogP contribution in [0.15, 0.2) is 59.6 Å². The summed E-state index contributed by atoms with van der Waals surface area (Å²) in [5.41, 5.74) is 2.31. The van der Waals surface area contributed by atoms with Gasteiger partial charge in [-0.15, -0.1) is 24.0 Å². The second kappa shape index (κ2) is 13.9. The quantitative estimate of drug-likeness (QED) is 0.131. The molecule has 0 unspecified atom stereocenters. The summed E-state index contributed by atoms with van der Waals surface area (Å²) in [5, 5.41) is 17.3. The first-order chi connectivity index (χ1) is 13.2. The Labute approximate surface area is 182 Å². The van der Waals surface area contributed by atoms with Crippen LogP contribution < -0.4 is 10.6 Å². The van der Waals surface area contributed by atoms with Gasteiger partial charge in [0.25, 0.3) is 5.69 Å². The number of nitro groups is 1. The number of guanidine groups is 1. The summed E-state index contributed by atoms with van der Waals surface area (Å²) >= 11 is 0. The fourth-order valence-corrected chi connectivity index (χ4v) is 2.48. The molecule has 2 aromatic carbocycles. The van der Waals surface area contributed by atoms with Gasteiger partial charge in [-0.1, -0.05) is 42.5 Å². The molecule has 0 amide bonds. The van der Waals surface area contributed by atoms with Crippen LogP contribution in [0, 0.1) is 10.1 Å². The van der Waals surface area contributed by atoms with Crippen molar-refractivity contribution >= 4 is 35.6 Å². The molecular formula is C20H27IN4O3. The summed E-state index contributed by atoms with van der Waals surface area (Å²) in [5.74, 6) is 0.707. The Morgan fingerprint density at radius 3 is 2.36 bits per heavy atom. The molecule has 28 heavy (non-hydrogen) atoms. The number of nitrogens with zero attached hydrogens (tertiary/aromatic N) is 2. The molecule has 2 rings (SSSR count). The number of non-ortho nitro benzene ring substituents is 1. The molecule has 0 saturated carbocycles. The SMILES string of the molecule is COCCNC(=NCc1ccc([N+](=O)[O-])cc1)NCCCc1ccccc1.I. The van der Waals surface area contributed by atoms with Crippen molar-refractivity contribution in [2.24, 2.45) is 4.99 Å². The lowest BCUT2D eigenvalue weighted by Gasteiger charge is -2.12. The largest absolute Gasteiger partial charge is 0.383 e. The summed E-state index contributed by atoms with van der Waals surface area (Å²) in [4.78, 5) is 14.9. The maximum atomic E-state index is 10.7. The molecular weight excluding hydrogens is 471 g/mol. The number of methoxy groups -OCH3 is 1. The first kappa shape index (κ1) is 23.8. The van der Waals surface area contributed by atoms with Crippen LogP contribution in [0.3, 0.4) is 0 Å². The molecule has 0 fully saturated rings. The zero-order chi connectivity index (χ0) is 19.3. The smallest absolute Gasteiger partial charge is 0.269 e. The third kappa shape index (κ3) is 9.14. The van der Waals surface area contributed by atoms with Gasteiger partial charge in [0.1, 0.15) is 0 Å². The minimum Gasteiger partial charge on any atom is -0.383 e. The number of aliphatic imine (C=N–C) groups is 1. The van der Waals surface area contributed by atoms with Gasteiger partial charge in [-0.2, -0.15) is 0 Å². The number of benzene rings is 2. The van der Waals surface area contributed by atoms with Gasteiger partial charge < -0.3 is 15.4 Å². The minimum absolute atomic E-state index is 0. The lowest BCUT2D eigenvalue weighted by Crippen LogP contribution is -2.39. The molecule has 0 aliphatic rings. The Morgan fingerprint density at radius 1 is 1.04 bits per heavy atom. The predicted octanol–water partition coefficient (Wildman–Crippen LogP) is 3.53. The Bertz CT molecular complexity index is 724. The third-order valence-corrected chi connectivity index (χ3v) is 3.94. The van der Waals surface area contributed by atoms with Gasteiger partial charge in [-0.05, 0) is 24.0 Å². The van der Waals surface area contributed by atoms with Crippen LogP contribution in [0.25, 0.3) is 0 Å². The molecule has 8 heteroatoms. The van der Waals surface area contributed by atoms with E-state index in [-0.39, 0.29) is 29.7 Å². The average molecular weight is 498 g/mol. The molecule has 0 aliphatic heterocycles. The normalized spacial score (nSPS) is 10.8. The fraction of sp³-hybridized carbons (Fsp3) is 0.350. The Balaban J connectivity index is 0.00000392. The number of hydrogen-bond donors (Lipinski definition) is 2. The van der Waals surface area contributed by atoms with E-state index in [0.29, 0.717) is 25.7 Å². The third-order valence-electron chi connectivity index (χ3n) is 3.94. The van der Waals surface area contributed by atoms with Crippen LogP contribution in [0.1, 0.15) is 17.5 Å². The molecule has 2 N–H and O–H groups in total. The predicted molar refractivity (Wildman–Crippen MR) is 122 cm³/mol. The van der Waals surface area contributed by atoms with E-state index < -0.39 is 4.92 Å². The lowest BCUT2D eigenvalue weighted by molar-refractivity contribution is -0.384. The van der Waals surface area contributed by atoms with Crippen molar-refractivity contribution in [2.45, 2.75) is 19.4 Å². The first-order valence-electron chi connectivity index (χ1n) is 8.97. The molecule has 0 aromatic heterocycles. The molecule has 0 saturated heterocycles. The van der Waals surface area contributed by atoms with E-state index >= 15 is 0 Å². The van der Waals surface area contributed by atoms with Crippen LogP contribution in [0.5, 0.6) is 0 Å². The number of hydrogen-bond acceptors (Lipinski definition) is 4. The van der Waals surface area contributed by atoms with Gasteiger partial charge in [-0.3, -0.25) is 10.1 Å². The van der Waals surface area contributed by atoms with E-state index in [1.807, 2.05) is 18.2 Å². The van der Waals surface area contributed by atoms with Crippen LogP contribution in [-0.4, -0.2) is 37.7 Å². The Hall–Kier alpha value is -2.20. The monoisotopic (exact) mass is 498 g/mol. The van der Waals surface area contributed by atoms with Crippen LogP contribution in [0.4, 0.5) is 5.69 Å². The second-order valence-electron chi connectivity index (χ2n) is 6.02. The highest BCUT2D eigenvalue weighted by molar-refractivity contribution is 14.0. The molecule has 7 nitrogen and oxygen atoms in total. The van der Waals surface area contributed by atoms with Crippen LogP contribution in [0.2, 0.25) is 0 Å². The van der Waals surface area contributed by atoms with Crippen molar-refractivity contribution < 1.29 is 9.66 Å². The molecule has 152 valence electrons. The number of nitro benzene ring substituents is 1. The standard InChI is InChI=1S/C20H26N4O3.HI/c1-27-15-14-22-20(21-13-5-8-17-6-3-2-4-7-17)23-16-18-9-11-19(12-10-18)24(25)26;/h2-4,6-7,9-12H,5,8,13-16H2,1H3,(H2,21,22,23);1H. The highest BCUT2D eigenvalue weighted by Crippen LogP contribution is 2.12. The van der Waals surface area contributed by atoms with E-state index in [2.05, 4.69) is 27.8 Å². The average Bonchev–Trinajstić information content (AvgIpc) is 2.70. The summed E-state index contributed by atoms with van der Waals surface area (Å²) in [6.45, 7) is 2.48. The van der Waals surface area contributed by atoms with Gasteiger partial charge in [0.2, 0.25) is 0 Å². The highest BCUT2D eigenvalue weighted by Gasteiger charge is 2.04. The maximum absolute atomic E-state index is 10.7. The maximum Gasteiger partial charge on any atom is 0.269 e. The lowest BCUT2D eigenvalue weighted by atomic mass is 10.1. The molecule has 0 bridgehead atoms. The van der Waals surface area contributed by atoms with Crippen molar-refractivity contribution in [3.63, 3.8) is 0 Å². The van der Waals surface area contributed by atoms with Crippen molar-refractivity contribution in [3.05, 3.63) is 75.8 Å². The number of aryl methyl sites for hydroxylation is 1. The molecule has 0 heterocycles. The van der Waals surface area contributed by atoms with Gasteiger partial charge in [-0.25, -0.2) is 4.99 Å². The second-order valence-corrected chi connectivity index (χ2v) is 6.02. The van der Waals surface area contributed by atoms with Gasteiger partial charge in [0.15, 0.2) is 5.96 Å². The Morgan fingerprint density at radius 2 is 1.71 bits per heavy atom. The van der Waals surface area contributed by atoms with Crippen LogP contribution >= 0.6 is 24.0 Å². The molecule has 0 spiro atoms. The van der Waals surface area contributed by atoms with Gasteiger partial charge in [0.05, 0.1) is 18.1 Å². The van der Waals surface area contributed by atoms with Gasteiger partial charge in [0, 0.05) is 32.3 Å². The fourth-order valence-electron chi connectivity index (χ4n) is 2.48. The summed E-state index contributed by atoms with van der Waals surface area (Å²) in [6, 6.07) is 16.8. The first-order valence-corrected chi connectivity index (χ1v) is 8.97. The van der Waals surface area contributed by atoms with E-state index in [4.69, 9.17) is 4.74 Å². The zero-order valence-corrected chi connectivity index (χ0v) is 18.3. The van der Waals surface area contributed by atoms with E-state index in [9.17, 15) is 10.1 Å². The summed E-state index contributed by atoms with van der Waals surface area (Å²) in [6.07, 6.45) is 1.99. The zero-order valence-electron chi connectivity index (χ0n) is 16.0. The summed E-state index contributed by atoms with van der Waals surface area (Å²) < 4.78 is 5.06. The van der Waals surface area contributed by atoms with E-state index in [1.54, 1.807) is 19.2 Å². The van der Waals surface area contributed by atoms with E-state index in [1.165, 1.54) is 17.7 Å². The number of ether oxygens (including phenoxy) is 1. The number of halogens is 1. The summed E-state index contributed by atoms with van der Waals surface area (Å²) in [7, 11) is 1.66. The van der Waals surface area contributed by atoms with Crippen LogP contribution in [-0.2, 0) is 17.7 Å².